The molecule has 1 saturated carbocycles. The molecule has 0 atom stereocenters. The van der Waals surface area contributed by atoms with Crippen LogP contribution in [0, 0.1) is 12.8 Å². The van der Waals surface area contributed by atoms with Crippen molar-refractivity contribution in [2.24, 2.45) is 5.92 Å². The van der Waals surface area contributed by atoms with E-state index in [1.165, 1.54) is 51.4 Å². The smallest absolute Gasteiger partial charge is 0.227 e. The number of nitrogens with one attached hydrogen (secondary N) is 1. The lowest BCUT2D eigenvalue weighted by molar-refractivity contribution is 0.434. The van der Waals surface area contributed by atoms with Crippen LogP contribution in [0.1, 0.15) is 64.0 Å². The number of aromatic nitrogens is 2. The van der Waals surface area contributed by atoms with Gasteiger partial charge in [0, 0.05) is 30.9 Å². The molecule has 1 aromatic rings. The summed E-state index contributed by atoms with van der Waals surface area (Å²) in [4.78, 5) is 11.8. The van der Waals surface area contributed by atoms with Crippen LogP contribution in [0.2, 0.25) is 0 Å². The molecule has 0 unspecified atom stereocenters. The van der Waals surface area contributed by atoms with Crippen LogP contribution in [0.25, 0.3) is 0 Å². The van der Waals surface area contributed by atoms with E-state index < -0.39 is 0 Å². The summed E-state index contributed by atoms with van der Waals surface area (Å²) in [5.74, 6) is 2.78. The van der Waals surface area contributed by atoms with Crippen molar-refractivity contribution in [3.63, 3.8) is 0 Å². The Balaban J connectivity index is 1.69. The van der Waals surface area contributed by atoms with E-state index in [0.717, 1.165) is 36.5 Å². The van der Waals surface area contributed by atoms with Gasteiger partial charge in [-0.25, -0.2) is 4.98 Å². The molecule has 2 aliphatic rings. The Bertz CT molecular complexity index is 472. The van der Waals surface area contributed by atoms with Gasteiger partial charge >= 0.3 is 0 Å². The largest absolute Gasteiger partial charge is 0.367 e. The van der Waals surface area contributed by atoms with Crippen LogP contribution in [-0.4, -0.2) is 29.1 Å². The Hall–Kier alpha value is -1.32. The van der Waals surface area contributed by atoms with Gasteiger partial charge in [0.15, 0.2) is 0 Å². The van der Waals surface area contributed by atoms with Crippen LogP contribution in [0.15, 0.2) is 6.07 Å². The van der Waals surface area contributed by atoms with E-state index in [1.807, 2.05) is 0 Å². The monoisotopic (exact) mass is 302 g/mol. The quantitative estimate of drug-likeness (QED) is 0.851. The molecule has 3 rings (SSSR count). The molecule has 1 aliphatic carbocycles. The first-order valence-corrected chi connectivity index (χ1v) is 9.08. The fourth-order valence-corrected chi connectivity index (χ4v) is 3.61. The van der Waals surface area contributed by atoms with Gasteiger partial charge in [0.1, 0.15) is 5.82 Å². The molecule has 22 heavy (non-hydrogen) atoms. The third-order valence-electron chi connectivity index (χ3n) is 5.12. The van der Waals surface area contributed by atoms with Gasteiger partial charge in [-0.15, -0.1) is 0 Å². The van der Waals surface area contributed by atoms with Gasteiger partial charge < -0.3 is 10.2 Å². The summed E-state index contributed by atoms with van der Waals surface area (Å²) < 4.78 is 0. The molecule has 4 nitrogen and oxygen atoms in total. The first-order chi connectivity index (χ1) is 10.7. The molecule has 0 spiro atoms. The maximum absolute atomic E-state index is 4.81. The second kappa shape index (κ2) is 7.30. The average Bonchev–Trinajstić information content (AvgIpc) is 2.76. The molecule has 1 aliphatic heterocycles. The van der Waals surface area contributed by atoms with Crippen molar-refractivity contribution < 1.29 is 0 Å². The van der Waals surface area contributed by atoms with Crippen LogP contribution in [0.4, 0.5) is 11.8 Å². The highest BCUT2D eigenvalue weighted by molar-refractivity contribution is 5.44. The van der Waals surface area contributed by atoms with Crippen molar-refractivity contribution >= 4 is 11.8 Å². The number of hydrogen-bond donors (Lipinski definition) is 1. The summed E-state index contributed by atoms with van der Waals surface area (Å²) in [6, 6.07) is 2.69. The van der Waals surface area contributed by atoms with E-state index >= 15 is 0 Å². The average molecular weight is 302 g/mol. The van der Waals surface area contributed by atoms with Crippen LogP contribution in [0.3, 0.4) is 0 Å². The Labute approximate surface area is 134 Å². The van der Waals surface area contributed by atoms with Crippen molar-refractivity contribution in [1.29, 1.82) is 0 Å². The molecule has 0 amide bonds. The third kappa shape index (κ3) is 4.11. The molecule has 0 bridgehead atoms. The number of piperidine rings is 1. The van der Waals surface area contributed by atoms with Gasteiger partial charge in [0.2, 0.25) is 5.95 Å². The van der Waals surface area contributed by atoms with Crippen LogP contribution < -0.4 is 10.2 Å². The second-order valence-corrected chi connectivity index (χ2v) is 7.20. The fourth-order valence-electron chi connectivity index (χ4n) is 3.61. The van der Waals surface area contributed by atoms with E-state index in [9.17, 15) is 0 Å². The van der Waals surface area contributed by atoms with E-state index in [-0.39, 0.29) is 0 Å². The summed E-state index contributed by atoms with van der Waals surface area (Å²) in [6.07, 6.45) is 10.5. The predicted molar refractivity (Wildman–Crippen MR) is 92.5 cm³/mol. The van der Waals surface area contributed by atoms with Crippen molar-refractivity contribution in [3.8, 4) is 0 Å². The summed E-state index contributed by atoms with van der Waals surface area (Å²) in [7, 11) is 0. The molecule has 0 radical (unpaired) electrons. The molecule has 2 heterocycles. The Morgan fingerprint density at radius 2 is 1.68 bits per heavy atom. The minimum Gasteiger partial charge on any atom is -0.367 e. The summed E-state index contributed by atoms with van der Waals surface area (Å²) in [5, 5.41) is 3.67. The zero-order chi connectivity index (χ0) is 15.4. The van der Waals surface area contributed by atoms with Crippen molar-refractivity contribution in [2.45, 2.75) is 71.3 Å². The number of anilines is 2. The molecule has 122 valence electrons. The third-order valence-corrected chi connectivity index (χ3v) is 5.12. The Morgan fingerprint density at radius 1 is 1.00 bits per heavy atom. The Kier molecular flexibility index (Phi) is 5.16. The van der Waals surface area contributed by atoms with Crippen molar-refractivity contribution in [1.82, 2.24) is 9.97 Å². The number of hydrogen-bond acceptors (Lipinski definition) is 4. The molecular formula is C18H30N4. The summed E-state index contributed by atoms with van der Waals surface area (Å²) in [6.45, 7) is 6.60. The standard InChI is InChI=1S/C18H30N4/c1-14-9-11-22(12-10-14)18-19-15(2)13-17(21-18)20-16-7-5-3-4-6-8-16/h13-14,16H,3-12H2,1-2H3,(H,19,20,21). The predicted octanol–water partition coefficient (Wildman–Crippen LogP) is 4.16. The summed E-state index contributed by atoms with van der Waals surface area (Å²) >= 11 is 0. The van der Waals surface area contributed by atoms with Crippen molar-refractivity contribution in [3.05, 3.63) is 11.8 Å². The Morgan fingerprint density at radius 3 is 2.36 bits per heavy atom. The molecule has 2 fully saturated rings. The van der Waals surface area contributed by atoms with E-state index in [4.69, 9.17) is 4.98 Å². The van der Waals surface area contributed by atoms with Gasteiger partial charge in [0.25, 0.3) is 0 Å². The molecule has 1 saturated heterocycles. The summed E-state index contributed by atoms with van der Waals surface area (Å²) in [5.41, 5.74) is 1.07. The first kappa shape index (κ1) is 15.6. The van der Waals surface area contributed by atoms with Crippen molar-refractivity contribution in [2.75, 3.05) is 23.3 Å². The lowest BCUT2D eigenvalue weighted by Crippen LogP contribution is -2.34. The van der Waals surface area contributed by atoms with E-state index in [1.54, 1.807) is 0 Å². The molecular weight excluding hydrogens is 272 g/mol. The maximum atomic E-state index is 4.81. The highest BCUT2D eigenvalue weighted by Gasteiger charge is 2.19. The SMILES string of the molecule is Cc1cc(NC2CCCCCC2)nc(N2CCC(C)CC2)n1. The normalized spacial score (nSPS) is 21.6. The van der Waals surface area contributed by atoms with Gasteiger partial charge in [-0.3, -0.25) is 0 Å². The number of aryl methyl sites for hydroxylation is 1. The number of rotatable bonds is 3. The van der Waals surface area contributed by atoms with Gasteiger partial charge in [0.05, 0.1) is 0 Å². The van der Waals surface area contributed by atoms with E-state index in [0.29, 0.717) is 6.04 Å². The van der Waals surface area contributed by atoms with Crippen LogP contribution >= 0.6 is 0 Å². The second-order valence-electron chi connectivity index (χ2n) is 7.20. The van der Waals surface area contributed by atoms with Gasteiger partial charge in [-0.2, -0.15) is 4.98 Å². The van der Waals surface area contributed by atoms with Gasteiger partial charge in [-0.1, -0.05) is 32.6 Å². The maximum Gasteiger partial charge on any atom is 0.227 e. The lowest BCUT2D eigenvalue weighted by atomic mass is 10.00. The zero-order valence-electron chi connectivity index (χ0n) is 14.1. The van der Waals surface area contributed by atoms with E-state index in [2.05, 4.69) is 35.1 Å². The minimum absolute atomic E-state index is 0.589. The van der Waals surface area contributed by atoms with Gasteiger partial charge in [-0.05, 0) is 38.5 Å². The minimum atomic E-state index is 0.589. The lowest BCUT2D eigenvalue weighted by Gasteiger charge is -2.30. The molecule has 4 heteroatoms. The molecule has 1 aromatic heterocycles. The highest BCUT2D eigenvalue weighted by atomic mass is 15.3. The van der Waals surface area contributed by atoms with Crippen LogP contribution in [-0.2, 0) is 0 Å². The first-order valence-electron chi connectivity index (χ1n) is 9.08. The molecule has 1 N–H and O–H groups in total. The fraction of sp³-hybridized carbons (Fsp3) is 0.778. The topological polar surface area (TPSA) is 41.1 Å². The van der Waals surface area contributed by atoms with Crippen LogP contribution in [0.5, 0.6) is 0 Å². The zero-order valence-corrected chi connectivity index (χ0v) is 14.1. The highest BCUT2D eigenvalue weighted by Crippen LogP contribution is 2.24. The molecule has 0 aromatic carbocycles. The number of nitrogens with zero attached hydrogens (tertiary/aromatic N) is 3.